The lowest BCUT2D eigenvalue weighted by atomic mass is 10.1. The van der Waals surface area contributed by atoms with E-state index >= 15 is 0 Å². The molecule has 0 unspecified atom stereocenters. The third-order valence-electron chi connectivity index (χ3n) is 2.87. The highest BCUT2D eigenvalue weighted by molar-refractivity contribution is 7.94. The van der Waals surface area contributed by atoms with Crippen molar-refractivity contribution in [2.24, 2.45) is 10.9 Å². The van der Waals surface area contributed by atoms with Gasteiger partial charge in [0.05, 0.1) is 5.69 Å². The molecule has 8 heteroatoms. The maximum Gasteiger partial charge on any atom is 0.271 e. The van der Waals surface area contributed by atoms with Crippen LogP contribution < -0.4 is 10.5 Å². The Kier molecular flexibility index (Phi) is 4.19. The molecule has 1 aromatic heterocycles. The van der Waals surface area contributed by atoms with Gasteiger partial charge in [-0.2, -0.15) is 0 Å². The summed E-state index contributed by atoms with van der Waals surface area (Å²) in [6, 6.07) is 8.19. The van der Waals surface area contributed by atoms with E-state index < -0.39 is 10.0 Å². The van der Waals surface area contributed by atoms with E-state index in [1.807, 2.05) is 6.92 Å². The van der Waals surface area contributed by atoms with Crippen LogP contribution in [0.3, 0.4) is 0 Å². The van der Waals surface area contributed by atoms with Gasteiger partial charge in [0.1, 0.15) is 4.21 Å². The Balaban J connectivity index is 2.39. The zero-order chi connectivity index (χ0) is 15.6. The molecule has 0 atom stereocenters. The Hall–Kier alpha value is -2.06. The van der Waals surface area contributed by atoms with Gasteiger partial charge < -0.3 is 10.9 Å². The molecular weight excluding hydrogens is 310 g/mol. The molecule has 1 heterocycles. The lowest BCUT2D eigenvalue weighted by molar-refractivity contribution is 0.318. The molecule has 21 heavy (non-hydrogen) atoms. The average molecular weight is 325 g/mol. The van der Waals surface area contributed by atoms with Crippen LogP contribution in [0, 0.1) is 13.8 Å². The summed E-state index contributed by atoms with van der Waals surface area (Å²) in [7, 11) is -3.64. The minimum Gasteiger partial charge on any atom is -0.409 e. The van der Waals surface area contributed by atoms with Crippen molar-refractivity contribution in [1.82, 2.24) is 0 Å². The van der Waals surface area contributed by atoms with Crippen molar-refractivity contribution in [3.05, 3.63) is 46.3 Å². The fourth-order valence-corrected chi connectivity index (χ4v) is 4.11. The third kappa shape index (κ3) is 3.34. The Morgan fingerprint density at radius 1 is 1.29 bits per heavy atom. The number of nitrogens with zero attached hydrogens (tertiary/aromatic N) is 1. The number of hydrogen-bond donors (Lipinski definition) is 3. The van der Waals surface area contributed by atoms with Gasteiger partial charge in [0.15, 0.2) is 5.84 Å². The van der Waals surface area contributed by atoms with Gasteiger partial charge >= 0.3 is 0 Å². The van der Waals surface area contributed by atoms with E-state index in [4.69, 9.17) is 10.9 Å². The maximum absolute atomic E-state index is 12.3. The number of oxime groups is 1. The molecular formula is C13H15N3O3S2. The Labute approximate surface area is 127 Å². The molecule has 1 aromatic carbocycles. The van der Waals surface area contributed by atoms with Crippen molar-refractivity contribution >= 4 is 32.9 Å². The average Bonchev–Trinajstić information content (AvgIpc) is 2.87. The highest BCUT2D eigenvalue weighted by atomic mass is 32.2. The summed E-state index contributed by atoms with van der Waals surface area (Å²) in [6.45, 7) is 3.61. The molecule has 112 valence electrons. The molecule has 2 rings (SSSR count). The van der Waals surface area contributed by atoms with Gasteiger partial charge in [-0.25, -0.2) is 8.42 Å². The van der Waals surface area contributed by atoms with Crippen molar-refractivity contribution in [3.8, 4) is 0 Å². The molecule has 0 fully saturated rings. The van der Waals surface area contributed by atoms with E-state index in [1.54, 1.807) is 31.2 Å². The Morgan fingerprint density at radius 2 is 2.00 bits per heavy atom. The molecule has 0 aliphatic heterocycles. The highest BCUT2D eigenvalue weighted by Crippen LogP contribution is 2.25. The molecule has 0 spiro atoms. The van der Waals surface area contributed by atoms with Gasteiger partial charge in [0.2, 0.25) is 0 Å². The quantitative estimate of drug-likeness (QED) is 0.347. The summed E-state index contributed by atoms with van der Waals surface area (Å²) in [4.78, 5) is 0.914. The first-order valence-electron chi connectivity index (χ1n) is 6.01. The number of sulfonamides is 1. The third-order valence-corrected chi connectivity index (χ3v) is 5.72. The number of nitrogens with two attached hydrogens (primary N) is 1. The summed E-state index contributed by atoms with van der Waals surface area (Å²) < 4.78 is 27.4. The second kappa shape index (κ2) is 5.74. The lowest BCUT2D eigenvalue weighted by Crippen LogP contribution is -2.16. The number of rotatable bonds is 4. The van der Waals surface area contributed by atoms with Crippen LogP contribution in [0.1, 0.15) is 16.0 Å². The Bertz CT molecular complexity index is 795. The van der Waals surface area contributed by atoms with Gasteiger partial charge in [0, 0.05) is 10.4 Å². The summed E-state index contributed by atoms with van der Waals surface area (Å²) in [5.74, 6) is -0.0811. The number of hydrogen-bond acceptors (Lipinski definition) is 5. The Morgan fingerprint density at radius 3 is 2.57 bits per heavy atom. The molecule has 6 nitrogen and oxygen atoms in total. The van der Waals surface area contributed by atoms with Crippen LogP contribution in [0.15, 0.2) is 39.7 Å². The van der Waals surface area contributed by atoms with Gasteiger partial charge in [0.25, 0.3) is 10.0 Å². The van der Waals surface area contributed by atoms with Crippen molar-refractivity contribution in [2.45, 2.75) is 18.1 Å². The van der Waals surface area contributed by atoms with Crippen LogP contribution in [0.25, 0.3) is 0 Å². The number of nitrogens with one attached hydrogen (secondary N) is 1. The van der Waals surface area contributed by atoms with E-state index in [0.717, 1.165) is 10.4 Å². The van der Waals surface area contributed by atoms with Crippen LogP contribution in [0.4, 0.5) is 5.69 Å². The maximum atomic E-state index is 12.3. The normalized spacial score (nSPS) is 12.4. The van der Waals surface area contributed by atoms with Crippen molar-refractivity contribution in [1.29, 1.82) is 0 Å². The molecule has 0 amide bonds. The lowest BCUT2D eigenvalue weighted by Gasteiger charge is -2.11. The molecule has 4 N–H and O–H groups in total. The van der Waals surface area contributed by atoms with E-state index in [-0.39, 0.29) is 10.0 Å². The smallest absolute Gasteiger partial charge is 0.271 e. The molecule has 0 aliphatic rings. The summed E-state index contributed by atoms with van der Waals surface area (Å²) in [6.07, 6.45) is 0. The topological polar surface area (TPSA) is 105 Å². The van der Waals surface area contributed by atoms with Crippen molar-refractivity contribution in [2.75, 3.05) is 4.72 Å². The van der Waals surface area contributed by atoms with Gasteiger partial charge in [-0.1, -0.05) is 17.3 Å². The summed E-state index contributed by atoms with van der Waals surface area (Å²) >= 11 is 1.20. The van der Waals surface area contributed by atoms with Crippen LogP contribution >= 0.6 is 11.3 Å². The SMILES string of the molecule is Cc1ccc(S(=O)(=O)Nc2cc(C(N)=NO)ccc2C)s1. The van der Waals surface area contributed by atoms with E-state index in [0.29, 0.717) is 11.3 Å². The van der Waals surface area contributed by atoms with Crippen molar-refractivity contribution in [3.63, 3.8) is 0 Å². The molecule has 2 aromatic rings. The second-order valence-corrected chi connectivity index (χ2v) is 7.68. The first kappa shape index (κ1) is 15.3. The molecule has 0 saturated carbocycles. The summed E-state index contributed by atoms with van der Waals surface area (Å²) in [5, 5.41) is 11.6. The van der Waals surface area contributed by atoms with E-state index in [2.05, 4.69) is 9.88 Å². The van der Waals surface area contributed by atoms with Crippen LogP contribution in [0.2, 0.25) is 0 Å². The fourth-order valence-electron chi connectivity index (χ4n) is 1.70. The van der Waals surface area contributed by atoms with Gasteiger partial charge in [-0.15, -0.1) is 11.3 Å². The number of benzene rings is 1. The second-order valence-electron chi connectivity index (χ2n) is 4.49. The number of thiophene rings is 1. The molecule has 0 aliphatic carbocycles. The first-order chi connectivity index (χ1) is 9.83. The predicted octanol–water partition coefficient (Wildman–Crippen LogP) is 2.26. The fraction of sp³-hybridized carbons (Fsp3) is 0.154. The van der Waals surface area contributed by atoms with Crippen LogP contribution in [-0.4, -0.2) is 19.5 Å². The minimum atomic E-state index is -3.64. The van der Waals surface area contributed by atoms with Gasteiger partial charge in [-0.05, 0) is 37.6 Å². The zero-order valence-corrected chi connectivity index (χ0v) is 13.1. The van der Waals surface area contributed by atoms with E-state index in [9.17, 15) is 8.42 Å². The van der Waals surface area contributed by atoms with E-state index in [1.165, 1.54) is 17.4 Å². The van der Waals surface area contributed by atoms with Crippen LogP contribution in [-0.2, 0) is 10.0 Å². The minimum absolute atomic E-state index is 0.0811. The molecule has 0 bridgehead atoms. The monoisotopic (exact) mass is 325 g/mol. The molecule has 0 radical (unpaired) electrons. The first-order valence-corrected chi connectivity index (χ1v) is 8.31. The van der Waals surface area contributed by atoms with Crippen LogP contribution in [0.5, 0.6) is 0 Å². The largest absolute Gasteiger partial charge is 0.409 e. The molecule has 0 saturated heterocycles. The number of anilines is 1. The zero-order valence-electron chi connectivity index (χ0n) is 11.5. The number of aryl methyl sites for hydroxylation is 2. The highest BCUT2D eigenvalue weighted by Gasteiger charge is 2.17. The number of amidine groups is 1. The standard InChI is InChI=1S/C13H15N3O3S2/c1-8-3-5-10(13(14)15-17)7-11(8)16-21(18,19)12-6-4-9(2)20-12/h3-7,16-17H,1-2H3,(H2,14,15). The summed E-state index contributed by atoms with van der Waals surface area (Å²) in [5.41, 5.74) is 7.08. The van der Waals surface area contributed by atoms with Crippen molar-refractivity contribution < 1.29 is 13.6 Å². The van der Waals surface area contributed by atoms with Gasteiger partial charge in [-0.3, -0.25) is 4.72 Å². The predicted molar refractivity (Wildman–Crippen MR) is 83.6 cm³/mol.